The summed E-state index contributed by atoms with van der Waals surface area (Å²) >= 11 is 0. The Kier molecular flexibility index (Phi) is 4.82. The molecule has 0 aliphatic carbocycles. The van der Waals surface area contributed by atoms with Crippen molar-refractivity contribution in [1.29, 1.82) is 0 Å². The van der Waals surface area contributed by atoms with Crippen LogP contribution in [0.15, 0.2) is 18.2 Å². The zero-order valence-electron chi connectivity index (χ0n) is 11.1. The summed E-state index contributed by atoms with van der Waals surface area (Å²) in [6.45, 7) is 7.30. The molecule has 0 heterocycles. The van der Waals surface area contributed by atoms with Crippen LogP contribution in [0.25, 0.3) is 0 Å². The van der Waals surface area contributed by atoms with Gasteiger partial charge in [0.2, 0.25) is 0 Å². The lowest BCUT2D eigenvalue weighted by Crippen LogP contribution is -2.32. The predicted molar refractivity (Wildman–Crippen MR) is 74.2 cm³/mol. The predicted octanol–water partition coefficient (Wildman–Crippen LogP) is 2.79. The van der Waals surface area contributed by atoms with E-state index in [0.29, 0.717) is 0 Å². The first kappa shape index (κ1) is 13.8. The third-order valence-corrected chi connectivity index (χ3v) is 3.74. The van der Waals surface area contributed by atoms with Crippen molar-refractivity contribution < 1.29 is 5.11 Å². The van der Waals surface area contributed by atoms with Crippen LogP contribution in [0.5, 0.6) is 0 Å². The molecule has 0 amide bonds. The minimum atomic E-state index is -0.0200. The normalized spacial score (nSPS) is 11.5. The second kappa shape index (κ2) is 5.92. The number of hydrogen-bond donors (Lipinski definition) is 3. The van der Waals surface area contributed by atoms with Gasteiger partial charge in [-0.2, -0.15) is 0 Å². The van der Waals surface area contributed by atoms with E-state index in [-0.39, 0.29) is 12.0 Å². The third-order valence-electron chi connectivity index (χ3n) is 3.74. The van der Waals surface area contributed by atoms with Crippen LogP contribution in [0.4, 0.5) is 11.4 Å². The number of benzene rings is 1. The number of aryl methyl sites for hydroxylation is 1. The second-order valence-electron chi connectivity index (χ2n) is 4.79. The van der Waals surface area contributed by atoms with Crippen LogP contribution >= 0.6 is 0 Å². The van der Waals surface area contributed by atoms with Gasteiger partial charge in [-0.3, -0.25) is 0 Å². The van der Waals surface area contributed by atoms with E-state index in [2.05, 4.69) is 19.2 Å². The highest BCUT2D eigenvalue weighted by Gasteiger charge is 2.24. The average Bonchev–Trinajstić information content (AvgIpc) is 2.33. The molecule has 0 fully saturated rings. The van der Waals surface area contributed by atoms with E-state index < -0.39 is 0 Å². The Balaban J connectivity index is 2.72. The van der Waals surface area contributed by atoms with Crippen molar-refractivity contribution >= 4 is 11.4 Å². The van der Waals surface area contributed by atoms with Gasteiger partial charge in [-0.15, -0.1) is 0 Å². The number of anilines is 2. The van der Waals surface area contributed by atoms with Crippen molar-refractivity contribution in [2.24, 2.45) is 5.41 Å². The molecule has 0 aliphatic heterocycles. The Morgan fingerprint density at radius 2 is 1.94 bits per heavy atom. The van der Waals surface area contributed by atoms with Crippen LogP contribution in [-0.2, 0) is 0 Å². The molecule has 0 spiro atoms. The largest absolute Gasteiger partial charge is 0.399 e. The first-order chi connectivity index (χ1) is 8.06. The second-order valence-corrected chi connectivity index (χ2v) is 4.79. The Morgan fingerprint density at radius 1 is 1.29 bits per heavy atom. The molecule has 4 N–H and O–H groups in total. The topological polar surface area (TPSA) is 58.3 Å². The van der Waals surface area contributed by atoms with Gasteiger partial charge in [-0.05, 0) is 43.5 Å². The maximum atomic E-state index is 9.51. The number of nitrogen functional groups attached to an aromatic ring is 1. The molecule has 0 aliphatic rings. The highest BCUT2D eigenvalue weighted by Crippen LogP contribution is 2.27. The molecule has 0 saturated carbocycles. The number of hydrogen-bond acceptors (Lipinski definition) is 3. The van der Waals surface area contributed by atoms with Gasteiger partial charge >= 0.3 is 0 Å². The van der Waals surface area contributed by atoms with Crippen LogP contribution in [0.3, 0.4) is 0 Å². The number of aliphatic hydroxyl groups excluding tert-OH is 1. The fraction of sp³-hybridized carbons (Fsp3) is 0.571. The van der Waals surface area contributed by atoms with E-state index in [0.717, 1.165) is 36.3 Å². The minimum Gasteiger partial charge on any atom is -0.399 e. The van der Waals surface area contributed by atoms with Crippen LogP contribution < -0.4 is 11.1 Å². The van der Waals surface area contributed by atoms with Gasteiger partial charge in [-0.1, -0.05) is 13.8 Å². The highest BCUT2D eigenvalue weighted by atomic mass is 16.3. The van der Waals surface area contributed by atoms with Crippen molar-refractivity contribution in [1.82, 2.24) is 0 Å². The van der Waals surface area contributed by atoms with E-state index in [4.69, 9.17) is 5.73 Å². The molecule has 0 atom stereocenters. The Morgan fingerprint density at radius 3 is 2.41 bits per heavy atom. The molecule has 0 unspecified atom stereocenters. The standard InChI is InChI=1S/C14H24N2O/c1-4-14(5-2,10-17)9-16-13-7-6-12(15)8-11(13)3/h6-8,16-17H,4-5,9-10,15H2,1-3H3. The molecule has 1 aromatic carbocycles. The summed E-state index contributed by atoms with van der Waals surface area (Å²) in [5.74, 6) is 0. The molecule has 0 aromatic heterocycles. The summed E-state index contributed by atoms with van der Waals surface area (Å²) < 4.78 is 0. The minimum absolute atomic E-state index is 0.0200. The van der Waals surface area contributed by atoms with E-state index in [1.165, 1.54) is 0 Å². The fourth-order valence-electron chi connectivity index (χ4n) is 1.95. The number of nitrogens with two attached hydrogens (primary N) is 1. The monoisotopic (exact) mass is 236 g/mol. The fourth-order valence-corrected chi connectivity index (χ4v) is 1.95. The van der Waals surface area contributed by atoms with Gasteiger partial charge in [0.05, 0.1) is 6.61 Å². The van der Waals surface area contributed by atoms with Gasteiger partial charge < -0.3 is 16.2 Å². The van der Waals surface area contributed by atoms with Gasteiger partial charge in [0.1, 0.15) is 0 Å². The lowest BCUT2D eigenvalue weighted by molar-refractivity contribution is 0.127. The number of rotatable bonds is 6. The summed E-state index contributed by atoms with van der Waals surface area (Å²) in [7, 11) is 0. The first-order valence-corrected chi connectivity index (χ1v) is 6.27. The average molecular weight is 236 g/mol. The van der Waals surface area contributed by atoms with E-state index in [1.807, 2.05) is 25.1 Å². The Bertz CT molecular complexity index is 351. The lowest BCUT2D eigenvalue weighted by Gasteiger charge is -2.30. The molecule has 0 bridgehead atoms. The van der Waals surface area contributed by atoms with Gasteiger partial charge in [0, 0.05) is 23.3 Å². The quantitative estimate of drug-likeness (QED) is 0.666. The zero-order chi connectivity index (χ0) is 12.9. The number of aliphatic hydroxyl groups is 1. The highest BCUT2D eigenvalue weighted by molar-refractivity contribution is 5.57. The summed E-state index contributed by atoms with van der Waals surface area (Å²) in [4.78, 5) is 0. The molecule has 1 rings (SSSR count). The van der Waals surface area contributed by atoms with Gasteiger partial charge in [0.25, 0.3) is 0 Å². The molecule has 1 aromatic rings. The van der Waals surface area contributed by atoms with Crippen LogP contribution in [-0.4, -0.2) is 18.3 Å². The van der Waals surface area contributed by atoms with E-state index in [9.17, 15) is 5.11 Å². The van der Waals surface area contributed by atoms with Gasteiger partial charge in [0.15, 0.2) is 0 Å². The molecular weight excluding hydrogens is 212 g/mol. The van der Waals surface area contributed by atoms with Crippen LogP contribution in [0.2, 0.25) is 0 Å². The maximum absolute atomic E-state index is 9.51. The Hall–Kier alpha value is -1.22. The van der Waals surface area contributed by atoms with Crippen molar-refractivity contribution in [3.05, 3.63) is 23.8 Å². The third kappa shape index (κ3) is 3.37. The summed E-state index contributed by atoms with van der Waals surface area (Å²) in [6.07, 6.45) is 1.95. The summed E-state index contributed by atoms with van der Waals surface area (Å²) in [5.41, 5.74) is 8.72. The van der Waals surface area contributed by atoms with Crippen LogP contribution in [0, 0.1) is 12.3 Å². The number of nitrogens with one attached hydrogen (secondary N) is 1. The molecule has 0 radical (unpaired) electrons. The molecule has 3 nitrogen and oxygen atoms in total. The van der Waals surface area contributed by atoms with E-state index >= 15 is 0 Å². The Labute approximate surface area is 104 Å². The molecule has 17 heavy (non-hydrogen) atoms. The van der Waals surface area contributed by atoms with E-state index in [1.54, 1.807) is 0 Å². The van der Waals surface area contributed by atoms with Crippen molar-refractivity contribution in [2.45, 2.75) is 33.6 Å². The molecule has 3 heteroatoms. The smallest absolute Gasteiger partial charge is 0.0504 e. The molecule has 0 saturated heterocycles. The zero-order valence-corrected chi connectivity index (χ0v) is 11.1. The maximum Gasteiger partial charge on any atom is 0.0504 e. The van der Waals surface area contributed by atoms with Crippen molar-refractivity contribution in [3.63, 3.8) is 0 Å². The SMILES string of the molecule is CCC(CC)(CO)CNc1ccc(N)cc1C. The van der Waals surface area contributed by atoms with Gasteiger partial charge in [-0.25, -0.2) is 0 Å². The van der Waals surface area contributed by atoms with Crippen molar-refractivity contribution in [2.75, 3.05) is 24.2 Å². The first-order valence-electron chi connectivity index (χ1n) is 6.27. The summed E-state index contributed by atoms with van der Waals surface area (Å²) in [5, 5.41) is 12.9. The molecule has 96 valence electrons. The van der Waals surface area contributed by atoms with Crippen molar-refractivity contribution in [3.8, 4) is 0 Å². The van der Waals surface area contributed by atoms with Crippen LogP contribution in [0.1, 0.15) is 32.3 Å². The molecular formula is C14H24N2O. The lowest BCUT2D eigenvalue weighted by atomic mass is 9.83. The summed E-state index contributed by atoms with van der Waals surface area (Å²) in [6, 6.07) is 5.85.